The normalized spacial score (nSPS) is 25.7. The van der Waals surface area contributed by atoms with Crippen LogP contribution in [0.5, 0.6) is 0 Å². The molecule has 4 aromatic heterocycles. The lowest BCUT2D eigenvalue weighted by molar-refractivity contribution is -0.162. The summed E-state index contributed by atoms with van der Waals surface area (Å²) in [5, 5.41) is 12.9. The topological polar surface area (TPSA) is 465 Å². The maximum absolute atomic E-state index is 16.5. The molecule has 2 unspecified atom stereocenters. The van der Waals surface area contributed by atoms with Crippen LogP contribution >= 0.6 is 25.8 Å². The summed E-state index contributed by atoms with van der Waals surface area (Å²) in [5.74, 6) is -3.81. The van der Waals surface area contributed by atoms with Crippen molar-refractivity contribution in [1.29, 1.82) is 0 Å². The van der Waals surface area contributed by atoms with E-state index in [4.69, 9.17) is 70.8 Å². The first kappa shape index (κ1) is 65.7. The number of esters is 1. The van der Waals surface area contributed by atoms with Crippen LogP contribution in [0.15, 0.2) is 49.6 Å². The Morgan fingerprint density at radius 1 is 0.828 bits per heavy atom. The highest BCUT2D eigenvalue weighted by Gasteiger charge is 2.55. The van der Waals surface area contributed by atoms with E-state index in [-0.39, 0.29) is 78.2 Å². The maximum atomic E-state index is 16.5. The molecule has 3 aliphatic heterocycles. The van der Waals surface area contributed by atoms with Crippen molar-refractivity contribution in [2.75, 3.05) is 43.1 Å². The van der Waals surface area contributed by atoms with Gasteiger partial charge in [-0.3, -0.25) is 41.9 Å². The quantitative estimate of drug-likeness (QED) is 0.0216. The molecule has 13 atom stereocenters. The minimum absolute atomic E-state index is 0.00717. The molecule has 0 bridgehead atoms. The van der Waals surface area contributed by atoms with Crippen molar-refractivity contribution < 1.29 is 89.2 Å². The fourth-order valence-electron chi connectivity index (χ4n) is 9.24. The van der Waals surface area contributed by atoms with Crippen molar-refractivity contribution in [3.8, 4) is 0 Å². The average Bonchev–Trinajstić information content (AvgIpc) is 1.80. The number of fused-ring (bicyclic) bond motifs is 4. The third-order valence-electron chi connectivity index (χ3n) is 13.5. The summed E-state index contributed by atoms with van der Waals surface area (Å²) >= 11 is 9.59. The number of nitrogen functional groups attached to an aromatic ring is 2. The second-order valence-electron chi connectivity index (χ2n) is 20.1. The fraction of sp³-hybridized carbons (Fsp3) is 0.521. The van der Waals surface area contributed by atoms with E-state index in [0.29, 0.717) is 11.3 Å². The molecule has 12 N–H and O–H groups in total. The van der Waals surface area contributed by atoms with Gasteiger partial charge in [-0.05, 0) is 48.3 Å². The van der Waals surface area contributed by atoms with Crippen LogP contribution in [-0.2, 0) is 88.7 Å². The summed E-state index contributed by atoms with van der Waals surface area (Å²) in [5.41, 5.74) is 18.3. The zero-order valence-electron chi connectivity index (χ0n) is 46.7. The number of nitrogens with two attached hydrogens (primary N) is 3. The van der Waals surface area contributed by atoms with Crippen molar-refractivity contribution in [2.45, 2.75) is 127 Å². The number of primary amides is 1. The van der Waals surface area contributed by atoms with Crippen LogP contribution in [0, 0.1) is 5.92 Å². The van der Waals surface area contributed by atoms with E-state index < -0.39 is 143 Å². The second-order valence-corrected chi connectivity index (χ2v) is 25.7. The van der Waals surface area contributed by atoms with Crippen molar-refractivity contribution in [3.63, 3.8) is 0 Å². The lowest BCUT2D eigenvalue weighted by Gasteiger charge is -2.31. The highest BCUT2D eigenvalue weighted by atomic mass is 32.7. The number of anilines is 3. The molecule has 3 aliphatic rings. The summed E-state index contributed by atoms with van der Waals surface area (Å²) in [4.78, 5) is 126. The standard InChI is InChI=1S/C48H63FN16O18P2S2/c1-5-30(67)63-32(22(2)3)43(69)62-26(7-6-13-53-47(52)71)42(68)61-25-10-8-24(9-11-25)15-76-48(72)75-14-12-27(60-23(4)66)46(70)81-37-36-29(80-45(37)65-21-59-34-39(51)55-19-57-41(34)65)17-78-84(73,86)82-35-28(16-77-85(74,87)83-36)79-44(31(35)49)64-20-58-33-38(50)54-18-56-40(33)64/h8-11,18-22,26-29,31-32,35-37,44-45H,5-7,12-17H2,1-4H3,(H,60,66)(H,61,68)(H,62,69)(H,63,67)(H,73,86)(H,74,87)(H2,50,54,56)(H2,51,55,57)(H3,52,53,71)/t26-,27-,28+,29+,31+,32-,35+,36+,37+,44+,45+,84?,85?/m0/s1. The number of halogens is 1. The monoisotopic (exact) mass is 1300 g/mol. The van der Waals surface area contributed by atoms with E-state index in [9.17, 15) is 43.0 Å². The molecular formula is C48H63FN16O18P2S2. The largest absolute Gasteiger partial charge is 0.508 e. The third kappa shape index (κ3) is 16.7. The predicted octanol–water partition coefficient (Wildman–Crippen LogP) is 1.62. The summed E-state index contributed by atoms with van der Waals surface area (Å²) in [6.45, 7) is -5.29. The Labute approximate surface area is 503 Å². The lowest BCUT2D eigenvalue weighted by Crippen LogP contribution is -2.54. The van der Waals surface area contributed by atoms with Gasteiger partial charge in [0.25, 0.3) is 0 Å². The molecule has 39 heteroatoms. The molecule has 0 saturated carbocycles. The first-order valence-corrected chi connectivity index (χ1v) is 32.0. The first-order valence-electron chi connectivity index (χ1n) is 26.7. The van der Waals surface area contributed by atoms with E-state index >= 15 is 4.39 Å². The van der Waals surface area contributed by atoms with Gasteiger partial charge in [0.2, 0.25) is 23.6 Å². The van der Waals surface area contributed by atoms with Gasteiger partial charge >= 0.3 is 31.7 Å². The molecule has 0 aliphatic carbocycles. The number of aromatic nitrogens is 8. The molecule has 472 valence electrons. The number of hydrogen-bond acceptors (Lipinski definition) is 26. The van der Waals surface area contributed by atoms with Gasteiger partial charge in [-0.1, -0.05) is 45.2 Å². The molecule has 3 fully saturated rings. The number of nitrogens with zero attached hydrogens (tertiary/aromatic N) is 8. The molecule has 6 amide bonds. The summed E-state index contributed by atoms with van der Waals surface area (Å²) < 4.78 is 85.1. The molecule has 8 rings (SSSR count). The molecule has 1 aromatic carbocycles. The Balaban J connectivity index is 0.923. The summed E-state index contributed by atoms with van der Waals surface area (Å²) in [6, 6.07) is 1.71. The number of amides is 6. The number of carbonyl (C=O) groups is 7. The van der Waals surface area contributed by atoms with Crippen molar-refractivity contribution in [1.82, 2.24) is 60.3 Å². The summed E-state index contributed by atoms with van der Waals surface area (Å²) in [7, 11) is 0. The van der Waals surface area contributed by atoms with Gasteiger partial charge in [0.1, 0.15) is 72.8 Å². The molecule has 34 nitrogen and oxygen atoms in total. The number of carbonyl (C=O) groups excluding carboxylic acids is 7. The minimum atomic E-state index is -4.64. The van der Waals surface area contributed by atoms with E-state index in [0.717, 1.165) is 19.6 Å². The van der Waals surface area contributed by atoms with Crippen molar-refractivity contribution >= 4 is 119 Å². The Morgan fingerprint density at radius 3 is 2.07 bits per heavy atom. The lowest BCUT2D eigenvalue weighted by atomic mass is 10.0. The average molecular weight is 1300 g/mol. The molecule has 3 saturated heterocycles. The number of urea groups is 1. The van der Waals surface area contributed by atoms with Crippen LogP contribution < -0.4 is 43.8 Å². The van der Waals surface area contributed by atoms with Gasteiger partial charge in [-0.2, -0.15) is 0 Å². The Morgan fingerprint density at radius 2 is 1.45 bits per heavy atom. The van der Waals surface area contributed by atoms with Crippen LogP contribution in [0.25, 0.3) is 22.3 Å². The van der Waals surface area contributed by atoms with Crippen LogP contribution in [0.3, 0.4) is 0 Å². The number of ether oxygens (including phenoxy) is 5. The summed E-state index contributed by atoms with van der Waals surface area (Å²) in [6.07, 6.45) is -9.86. The van der Waals surface area contributed by atoms with E-state index in [1.165, 1.54) is 46.1 Å². The zero-order valence-corrected chi connectivity index (χ0v) is 50.2. The Kier molecular flexibility index (Phi) is 21.6. The molecule has 0 radical (unpaired) electrons. The third-order valence-corrected chi connectivity index (χ3v) is 16.7. The maximum Gasteiger partial charge on any atom is 0.508 e. The van der Waals surface area contributed by atoms with Crippen LogP contribution in [0.4, 0.5) is 31.3 Å². The number of benzene rings is 1. The molecular weight excluding hydrogens is 1230 g/mol. The SMILES string of the molecule is CCC(=O)N[C@H](C(=O)N[C@@H](CCCNC(N)=O)C(=O)Nc1ccc(COC(=O)OCC[C@H](NC(C)=O)C(=O)O[C@@H]2[C@@H]3OP(O)(=S)OC[C@H]4O[C@@H](n5cnc6c(N)ncnc65)[C@H](F)[C@@H]4OP(=O)(S)OC[C@H]3O[C@H]2n2cnc3c(N)ncnc32)cc1)C(C)C. The molecule has 0 spiro atoms. The Bertz CT molecular complexity index is 3450. The minimum Gasteiger partial charge on any atom is -0.453 e. The van der Waals surface area contributed by atoms with Gasteiger partial charge < -0.3 is 76.9 Å². The zero-order chi connectivity index (χ0) is 62.9. The van der Waals surface area contributed by atoms with Crippen LogP contribution in [-0.4, -0.2) is 167 Å². The fourth-order valence-corrected chi connectivity index (χ4v) is 12.2. The van der Waals surface area contributed by atoms with Crippen molar-refractivity contribution in [2.24, 2.45) is 11.7 Å². The van der Waals surface area contributed by atoms with Gasteiger partial charge in [0.15, 0.2) is 47.7 Å². The Hall–Kier alpha value is -7.31. The van der Waals surface area contributed by atoms with Gasteiger partial charge in [0, 0.05) is 32.0 Å². The number of thiol groups is 1. The van der Waals surface area contributed by atoms with Crippen molar-refractivity contribution in [3.05, 3.63) is 55.1 Å². The number of imidazole rings is 2. The number of hydrogen-bond donors (Lipinski definition) is 10. The van der Waals surface area contributed by atoms with E-state index in [1.54, 1.807) is 20.8 Å². The predicted molar refractivity (Wildman–Crippen MR) is 306 cm³/mol. The first-order chi connectivity index (χ1) is 41.3. The number of nitrogens with one attached hydrogen (secondary N) is 5. The van der Waals surface area contributed by atoms with E-state index in [1.807, 2.05) is 0 Å². The van der Waals surface area contributed by atoms with Gasteiger partial charge in [-0.25, -0.2) is 53.2 Å². The number of rotatable bonds is 21. The van der Waals surface area contributed by atoms with Gasteiger partial charge in [-0.15, -0.1) is 0 Å². The second kappa shape index (κ2) is 28.7. The molecule has 7 heterocycles. The van der Waals surface area contributed by atoms with E-state index in [2.05, 4.69) is 68.7 Å². The molecule has 87 heavy (non-hydrogen) atoms. The van der Waals surface area contributed by atoms with Gasteiger partial charge in [0.05, 0.1) is 32.5 Å². The molecule has 5 aromatic rings. The van der Waals surface area contributed by atoms with Crippen LogP contribution in [0.2, 0.25) is 0 Å². The van der Waals surface area contributed by atoms with Crippen LogP contribution in [0.1, 0.15) is 71.4 Å². The number of alkyl halides is 1. The highest BCUT2D eigenvalue weighted by Crippen LogP contribution is 2.59. The highest BCUT2D eigenvalue weighted by molar-refractivity contribution is 8.44. The smallest absolute Gasteiger partial charge is 0.453 e.